The van der Waals surface area contributed by atoms with E-state index in [1.165, 1.54) is 16.0 Å². The molecule has 5 heterocycles. The van der Waals surface area contributed by atoms with E-state index in [2.05, 4.69) is 20.2 Å². The van der Waals surface area contributed by atoms with E-state index in [4.69, 9.17) is 5.41 Å². The number of anilines is 1. The van der Waals surface area contributed by atoms with Crippen molar-refractivity contribution in [3.63, 3.8) is 0 Å². The highest BCUT2D eigenvalue weighted by molar-refractivity contribution is 7.22. The number of amides is 1. The number of likely N-dealkylation sites (tertiary alicyclic amines) is 1. The quantitative estimate of drug-likeness (QED) is 0.113. The minimum atomic E-state index is -4.86. The van der Waals surface area contributed by atoms with E-state index in [0.717, 1.165) is 55.9 Å². The van der Waals surface area contributed by atoms with Crippen molar-refractivity contribution in [1.82, 2.24) is 24.6 Å². The van der Waals surface area contributed by atoms with Crippen molar-refractivity contribution < 1.29 is 18.0 Å². The number of halogens is 3. The van der Waals surface area contributed by atoms with Gasteiger partial charge in [0.15, 0.2) is 5.71 Å². The van der Waals surface area contributed by atoms with Crippen molar-refractivity contribution in [2.75, 3.05) is 18.1 Å². The van der Waals surface area contributed by atoms with Gasteiger partial charge >= 0.3 is 6.18 Å². The smallest absolute Gasteiger partial charge is 0.374 e. The van der Waals surface area contributed by atoms with Gasteiger partial charge in [0.25, 0.3) is 11.5 Å². The third kappa shape index (κ3) is 6.27. The maximum absolute atomic E-state index is 14.7. The Labute approximate surface area is 309 Å². The first-order valence-corrected chi connectivity index (χ1v) is 18.7. The molecule has 10 nitrogen and oxygen atoms in total. The summed E-state index contributed by atoms with van der Waals surface area (Å²) in [5.41, 5.74) is 1.26. The second-order valence-corrected chi connectivity index (χ2v) is 15.7. The number of allylic oxidation sites excluding steroid dienone is 1. The molecule has 53 heavy (non-hydrogen) atoms. The number of carbonyl (C=O) groups is 1. The molecule has 8 rings (SSSR count). The number of hydrogen-bond acceptors (Lipinski definition) is 9. The topological polar surface area (TPSA) is 123 Å². The van der Waals surface area contributed by atoms with Crippen LogP contribution in [-0.2, 0) is 10.2 Å². The zero-order valence-electron chi connectivity index (χ0n) is 28.7. The minimum Gasteiger partial charge on any atom is -0.374 e. The Morgan fingerprint density at radius 1 is 0.906 bits per heavy atom. The van der Waals surface area contributed by atoms with Crippen LogP contribution in [0.15, 0.2) is 94.0 Å². The number of para-hydroxylation sites is 2. The monoisotopic (exact) mass is 754 g/mol. The summed E-state index contributed by atoms with van der Waals surface area (Å²) in [5.74, 6) is -0.834. The first-order chi connectivity index (χ1) is 25.4. The Kier molecular flexibility index (Phi) is 8.65. The summed E-state index contributed by atoms with van der Waals surface area (Å²) in [6.07, 6.45) is -1.62. The summed E-state index contributed by atoms with van der Waals surface area (Å²) in [7, 11) is 0. The van der Waals surface area contributed by atoms with Crippen LogP contribution in [0, 0.1) is 5.41 Å². The number of H-pyrrole nitrogens is 1. The van der Waals surface area contributed by atoms with Crippen LogP contribution < -0.4 is 10.6 Å². The van der Waals surface area contributed by atoms with Gasteiger partial charge in [0.1, 0.15) is 0 Å². The summed E-state index contributed by atoms with van der Waals surface area (Å²) < 4.78 is 47.1. The van der Waals surface area contributed by atoms with Gasteiger partial charge in [-0.3, -0.25) is 14.7 Å². The van der Waals surface area contributed by atoms with Gasteiger partial charge in [-0.15, -0.1) is 0 Å². The van der Waals surface area contributed by atoms with Gasteiger partial charge in [0, 0.05) is 30.6 Å². The maximum atomic E-state index is 14.7. The zero-order chi connectivity index (χ0) is 37.1. The van der Waals surface area contributed by atoms with E-state index >= 15 is 0 Å². The minimum absolute atomic E-state index is 0.0881. The molecule has 0 saturated carbocycles. The van der Waals surface area contributed by atoms with E-state index in [9.17, 15) is 22.8 Å². The predicted octanol–water partition coefficient (Wildman–Crippen LogP) is 8.42. The fourth-order valence-electron chi connectivity index (χ4n) is 6.94. The van der Waals surface area contributed by atoms with Gasteiger partial charge in [0.05, 0.1) is 37.3 Å². The lowest BCUT2D eigenvalue weighted by atomic mass is 9.79. The molecular formula is C38H33F3N8O2S2. The molecule has 270 valence electrons. The Morgan fingerprint density at radius 2 is 1.55 bits per heavy atom. The van der Waals surface area contributed by atoms with E-state index in [-0.39, 0.29) is 17.1 Å². The molecule has 6 aromatic rings. The first kappa shape index (κ1) is 34.7. The summed E-state index contributed by atoms with van der Waals surface area (Å²) in [4.78, 5) is 38.4. The summed E-state index contributed by atoms with van der Waals surface area (Å²) in [6.45, 7) is 5.10. The molecular weight excluding hydrogens is 722 g/mol. The number of alkyl halides is 3. The second-order valence-electron chi connectivity index (χ2n) is 13.7. The molecule has 0 atom stereocenters. The van der Waals surface area contributed by atoms with Gasteiger partial charge in [-0.2, -0.15) is 28.0 Å². The number of hydrazone groups is 1. The van der Waals surface area contributed by atoms with Crippen molar-refractivity contribution in [1.29, 1.82) is 5.41 Å². The molecule has 1 saturated heterocycles. The molecule has 0 radical (unpaired) electrons. The molecule has 15 heteroatoms. The zero-order valence-corrected chi connectivity index (χ0v) is 30.3. The number of aromatic amines is 1. The molecule has 2 aliphatic rings. The van der Waals surface area contributed by atoms with Crippen LogP contribution in [0.1, 0.15) is 50.7 Å². The van der Waals surface area contributed by atoms with Crippen molar-refractivity contribution in [2.45, 2.75) is 51.1 Å². The molecule has 0 unspecified atom stereocenters. The van der Waals surface area contributed by atoms with Gasteiger partial charge < -0.3 is 10.3 Å². The average molecular weight is 755 g/mol. The Balaban J connectivity index is 1.13. The van der Waals surface area contributed by atoms with E-state index in [1.807, 2.05) is 67.3 Å². The lowest BCUT2D eigenvalue weighted by molar-refractivity contribution is -0.114. The lowest BCUT2D eigenvalue weighted by Crippen LogP contribution is -2.32. The molecule has 2 N–H and O–H groups in total. The highest BCUT2D eigenvalue weighted by atomic mass is 32.1. The highest BCUT2D eigenvalue weighted by Gasteiger charge is 2.49. The predicted molar refractivity (Wildman–Crippen MR) is 204 cm³/mol. The first-order valence-electron chi connectivity index (χ1n) is 17.1. The SMILES string of the molecule is CC(C)(CC/C(=C1\C(=O)N(c2nc3ccccc3s2)N=C1C(F)(F)F)N1CCCC1)c1cccc(-c2[nH]n(-c3nc4ccccc4s3)c(=O)c2C=N)c1. The summed E-state index contributed by atoms with van der Waals surface area (Å²) in [5, 5.41) is 16.5. The number of nitrogens with one attached hydrogen (secondary N) is 2. The molecule has 2 aliphatic heterocycles. The normalized spacial score (nSPS) is 16.3. The molecule has 3 aromatic heterocycles. The van der Waals surface area contributed by atoms with Crippen LogP contribution in [0.3, 0.4) is 0 Å². The van der Waals surface area contributed by atoms with Crippen molar-refractivity contribution >= 4 is 66.1 Å². The lowest BCUT2D eigenvalue weighted by Gasteiger charge is -2.30. The van der Waals surface area contributed by atoms with E-state index < -0.39 is 34.3 Å². The van der Waals surface area contributed by atoms with Crippen LogP contribution in [0.25, 0.3) is 36.8 Å². The molecule has 0 bridgehead atoms. The van der Waals surface area contributed by atoms with E-state index in [1.54, 1.807) is 24.3 Å². The largest absolute Gasteiger partial charge is 0.436 e. The second kappa shape index (κ2) is 13.2. The maximum Gasteiger partial charge on any atom is 0.436 e. The number of hydrogen-bond donors (Lipinski definition) is 2. The number of carbonyl (C=O) groups excluding carboxylic acids is 1. The Morgan fingerprint density at radius 3 is 2.19 bits per heavy atom. The van der Waals surface area contributed by atoms with Crippen LogP contribution in [-0.4, -0.2) is 61.7 Å². The van der Waals surface area contributed by atoms with Crippen molar-refractivity contribution in [3.8, 4) is 16.4 Å². The molecule has 0 spiro atoms. The van der Waals surface area contributed by atoms with E-state index in [0.29, 0.717) is 47.1 Å². The standard InChI is InChI=1S/C38H33F3N8O2S2/c1-37(2,23-11-9-10-22(20-23)31-24(21-42)33(50)48(45-31)35-43-25-12-3-5-14-28(25)52-35)17-16-27(47-18-7-8-19-47)30-32(38(39,40)41)46-49(34(30)51)36-44-26-13-4-6-15-29(26)53-36/h3-6,9-15,20-21,42,45H,7-8,16-19H2,1-2H3/b30-27+,42-21?. The highest BCUT2D eigenvalue weighted by Crippen LogP contribution is 2.40. The molecule has 3 aromatic carbocycles. The third-order valence-electron chi connectivity index (χ3n) is 9.82. The number of rotatable bonds is 9. The number of nitrogens with zero attached hydrogens (tertiary/aromatic N) is 6. The number of thiazole rings is 2. The summed E-state index contributed by atoms with van der Waals surface area (Å²) >= 11 is 2.48. The van der Waals surface area contributed by atoms with Crippen LogP contribution in [0.4, 0.5) is 18.3 Å². The van der Waals surface area contributed by atoms with Gasteiger partial charge in [0.2, 0.25) is 10.3 Å². The van der Waals surface area contributed by atoms with Crippen LogP contribution >= 0.6 is 22.7 Å². The number of benzene rings is 3. The van der Waals surface area contributed by atoms with Crippen molar-refractivity contribution in [3.05, 3.63) is 106 Å². The number of fused-ring (bicyclic) bond motifs is 2. The van der Waals surface area contributed by atoms with Crippen LogP contribution in [0.2, 0.25) is 0 Å². The number of aromatic nitrogens is 4. The van der Waals surface area contributed by atoms with Gasteiger partial charge in [-0.25, -0.2) is 9.97 Å². The fourth-order valence-corrected chi connectivity index (χ4v) is 8.78. The Hall–Kier alpha value is -5.41. The summed E-state index contributed by atoms with van der Waals surface area (Å²) in [6, 6.07) is 22.3. The van der Waals surface area contributed by atoms with Crippen LogP contribution in [0.5, 0.6) is 0 Å². The van der Waals surface area contributed by atoms with Gasteiger partial charge in [-0.05, 0) is 67.0 Å². The third-order valence-corrected chi connectivity index (χ3v) is 11.8. The van der Waals surface area contributed by atoms with Gasteiger partial charge in [-0.1, -0.05) is 79.0 Å². The average Bonchev–Trinajstić information content (AvgIpc) is 3.98. The van der Waals surface area contributed by atoms with Crippen molar-refractivity contribution in [2.24, 2.45) is 5.10 Å². The Bertz CT molecular complexity index is 2470. The molecule has 1 amide bonds. The fraction of sp³-hybridized carbons (Fsp3) is 0.263. The molecule has 1 fully saturated rings. The molecule has 0 aliphatic carbocycles.